The molecule has 0 unspecified atom stereocenters. The van der Waals surface area contributed by atoms with Crippen LogP contribution in [0.15, 0.2) is 33.7 Å². The van der Waals surface area contributed by atoms with Gasteiger partial charge in [0, 0.05) is 16.2 Å². The number of azide groups is 1. The van der Waals surface area contributed by atoms with Gasteiger partial charge in [-0.1, -0.05) is 29.4 Å². The number of hydrogen-bond acceptors (Lipinski definition) is 5. The predicted molar refractivity (Wildman–Crippen MR) is 61.4 cm³/mol. The van der Waals surface area contributed by atoms with E-state index < -0.39 is 0 Å². The molecule has 74 valence electrons. The van der Waals surface area contributed by atoms with E-state index in [1.54, 1.807) is 24.3 Å². The largest absolute Gasteiger partial charge is 0.208 e. The summed E-state index contributed by atoms with van der Waals surface area (Å²) in [6, 6.07) is 7.04. The normalized spacial score (nSPS) is 9.67. The zero-order valence-electron chi connectivity index (χ0n) is 7.40. The summed E-state index contributed by atoms with van der Waals surface area (Å²) in [5.74, 6) is 0.637. The Morgan fingerprint density at radius 3 is 2.60 bits per heavy atom. The Bertz CT molecular complexity index is 512. The second-order valence-electron chi connectivity index (χ2n) is 2.64. The Morgan fingerprint density at radius 1 is 1.33 bits per heavy atom. The topological polar surface area (TPSA) is 74.5 Å². The Balaban J connectivity index is 2.35. The van der Waals surface area contributed by atoms with Gasteiger partial charge in [-0.05, 0) is 17.1 Å². The molecule has 0 aliphatic carbocycles. The standard InChI is InChI=1S/C8H5N5S2/c9-13-11-6-3-1-5(2-4-6)7-10-8(14)15-12-7/h1-4H,(H,10,12,14). The molecule has 0 fully saturated rings. The first-order valence-electron chi connectivity index (χ1n) is 3.98. The fourth-order valence-corrected chi connectivity index (χ4v) is 1.72. The van der Waals surface area contributed by atoms with Gasteiger partial charge < -0.3 is 0 Å². The summed E-state index contributed by atoms with van der Waals surface area (Å²) >= 11 is 5.32. The monoisotopic (exact) mass is 235 g/mol. The smallest absolute Gasteiger partial charge is 0.174 e. The first-order valence-corrected chi connectivity index (χ1v) is 5.20. The van der Waals surface area contributed by atoms with Gasteiger partial charge in [0.1, 0.15) is 0 Å². The Labute approximate surface area is 95.0 Å². The van der Waals surface area contributed by atoms with Crippen LogP contribution in [0, 0.1) is 0 Å². The summed E-state index contributed by atoms with van der Waals surface area (Å²) in [6.45, 7) is 0. The van der Waals surface area contributed by atoms with E-state index in [9.17, 15) is 0 Å². The van der Waals surface area contributed by atoms with Gasteiger partial charge >= 0.3 is 0 Å². The molecule has 0 aliphatic rings. The first kappa shape index (κ1) is 9.97. The van der Waals surface area contributed by atoms with Crippen molar-refractivity contribution in [3.8, 4) is 11.4 Å². The Morgan fingerprint density at radius 2 is 2.07 bits per heavy atom. The molecule has 0 saturated carbocycles. The molecule has 0 atom stereocenters. The number of rotatable bonds is 2. The summed E-state index contributed by atoms with van der Waals surface area (Å²) < 4.78 is 4.74. The van der Waals surface area contributed by atoms with Crippen molar-refractivity contribution in [3.05, 3.63) is 34.7 Å². The lowest BCUT2D eigenvalue weighted by Crippen LogP contribution is -1.78. The van der Waals surface area contributed by atoms with Gasteiger partial charge in [0.15, 0.2) is 10.2 Å². The number of aromatic nitrogens is 2. The third kappa shape index (κ3) is 2.27. The first-order chi connectivity index (χ1) is 7.29. The molecule has 0 radical (unpaired) electrons. The zero-order chi connectivity index (χ0) is 10.7. The van der Waals surface area contributed by atoms with E-state index in [0.29, 0.717) is 15.9 Å². The van der Waals surface area contributed by atoms with E-state index in [1.165, 1.54) is 11.5 Å². The van der Waals surface area contributed by atoms with Gasteiger partial charge in [0.2, 0.25) is 0 Å². The van der Waals surface area contributed by atoms with Crippen LogP contribution in [0.5, 0.6) is 0 Å². The number of hydrogen-bond donors (Lipinski definition) is 1. The highest BCUT2D eigenvalue weighted by atomic mass is 32.2. The molecule has 0 amide bonds. The molecule has 5 nitrogen and oxygen atoms in total. The maximum atomic E-state index is 8.23. The number of nitrogens with zero attached hydrogens (tertiary/aromatic N) is 5. The average Bonchev–Trinajstić information content (AvgIpc) is 2.67. The van der Waals surface area contributed by atoms with Crippen molar-refractivity contribution < 1.29 is 0 Å². The molecule has 0 aliphatic heterocycles. The third-order valence-corrected chi connectivity index (χ3v) is 2.56. The van der Waals surface area contributed by atoms with Crippen molar-refractivity contribution in [2.45, 2.75) is 4.34 Å². The van der Waals surface area contributed by atoms with Gasteiger partial charge in [0.05, 0.1) is 0 Å². The van der Waals surface area contributed by atoms with Crippen molar-refractivity contribution >= 4 is 29.8 Å². The minimum atomic E-state index is 0.572. The maximum absolute atomic E-state index is 8.23. The lowest BCUT2D eigenvalue weighted by Gasteiger charge is -1.94. The van der Waals surface area contributed by atoms with Crippen LogP contribution >= 0.6 is 24.2 Å². The molecule has 15 heavy (non-hydrogen) atoms. The SMILES string of the molecule is [N-]=[N+]=Nc1ccc(-c2nsc(S)n2)cc1. The van der Waals surface area contributed by atoms with Crippen molar-refractivity contribution in [3.63, 3.8) is 0 Å². The van der Waals surface area contributed by atoms with E-state index in [2.05, 4.69) is 32.0 Å². The van der Waals surface area contributed by atoms with E-state index >= 15 is 0 Å². The molecule has 1 aromatic heterocycles. The lowest BCUT2D eigenvalue weighted by atomic mass is 10.2. The Hall–Kier alpha value is -1.56. The molecule has 1 aromatic carbocycles. The molecule has 2 rings (SSSR count). The predicted octanol–water partition coefficient (Wildman–Crippen LogP) is 3.44. The highest BCUT2D eigenvalue weighted by Crippen LogP contribution is 2.22. The molecule has 0 N–H and O–H groups in total. The highest BCUT2D eigenvalue weighted by Gasteiger charge is 2.03. The third-order valence-electron chi connectivity index (χ3n) is 1.70. The number of thiol groups is 1. The summed E-state index contributed by atoms with van der Waals surface area (Å²) in [5.41, 5.74) is 9.68. The van der Waals surface area contributed by atoms with Crippen molar-refractivity contribution in [1.29, 1.82) is 0 Å². The van der Waals surface area contributed by atoms with E-state index in [0.717, 1.165) is 5.56 Å². The van der Waals surface area contributed by atoms with Gasteiger partial charge in [-0.25, -0.2) is 4.98 Å². The molecule has 2 aromatic rings. The van der Waals surface area contributed by atoms with Crippen molar-refractivity contribution in [2.75, 3.05) is 0 Å². The van der Waals surface area contributed by atoms with E-state index in [1.807, 2.05) is 0 Å². The lowest BCUT2D eigenvalue weighted by molar-refractivity contribution is 1.23. The summed E-state index contributed by atoms with van der Waals surface area (Å²) in [4.78, 5) is 6.82. The quantitative estimate of drug-likeness (QED) is 0.374. The van der Waals surface area contributed by atoms with Crippen LogP contribution < -0.4 is 0 Å². The van der Waals surface area contributed by atoms with Crippen LogP contribution in [-0.4, -0.2) is 9.36 Å². The molecule has 0 saturated heterocycles. The Kier molecular flexibility index (Phi) is 2.86. The summed E-state index contributed by atoms with van der Waals surface area (Å²) in [7, 11) is 0. The fraction of sp³-hybridized carbons (Fsp3) is 0. The van der Waals surface area contributed by atoms with E-state index in [-0.39, 0.29) is 0 Å². The maximum Gasteiger partial charge on any atom is 0.174 e. The molecule has 7 heteroatoms. The van der Waals surface area contributed by atoms with Crippen LogP contribution in [-0.2, 0) is 0 Å². The van der Waals surface area contributed by atoms with Crippen LogP contribution in [0.25, 0.3) is 21.8 Å². The van der Waals surface area contributed by atoms with Crippen LogP contribution in [0.2, 0.25) is 0 Å². The van der Waals surface area contributed by atoms with Crippen molar-refractivity contribution in [2.24, 2.45) is 5.11 Å². The van der Waals surface area contributed by atoms with Crippen molar-refractivity contribution in [1.82, 2.24) is 9.36 Å². The molecular weight excluding hydrogens is 230 g/mol. The molecular formula is C8H5N5S2. The van der Waals surface area contributed by atoms with E-state index in [4.69, 9.17) is 5.53 Å². The summed E-state index contributed by atoms with van der Waals surface area (Å²) in [5, 5.41) is 3.47. The highest BCUT2D eigenvalue weighted by molar-refractivity contribution is 7.82. The molecule has 0 spiro atoms. The minimum absolute atomic E-state index is 0.572. The van der Waals surface area contributed by atoms with Gasteiger partial charge in [-0.3, -0.25) is 0 Å². The second-order valence-corrected chi connectivity index (χ2v) is 4.11. The summed E-state index contributed by atoms with van der Waals surface area (Å²) in [6.07, 6.45) is 0. The number of benzene rings is 1. The fourth-order valence-electron chi connectivity index (χ4n) is 1.06. The zero-order valence-corrected chi connectivity index (χ0v) is 9.11. The van der Waals surface area contributed by atoms with Gasteiger partial charge in [0.25, 0.3) is 0 Å². The van der Waals surface area contributed by atoms with Crippen LogP contribution in [0.1, 0.15) is 0 Å². The van der Waals surface area contributed by atoms with Crippen LogP contribution in [0.4, 0.5) is 5.69 Å². The molecule has 0 bridgehead atoms. The minimum Gasteiger partial charge on any atom is -0.208 e. The molecule has 1 heterocycles. The van der Waals surface area contributed by atoms with Crippen LogP contribution in [0.3, 0.4) is 0 Å². The average molecular weight is 235 g/mol. The second kappa shape index (κ2) is 4.31. The van der Waals surface area contributed by atoms with Gasteiger partial charge in [-0.15, -0.1) is 12.6 Å². The van der Waals surface area contributed by atoms with Gasteiger partial charge in [-0.2, -0.15) is 4.37 Å².